The molecule has 0 aromatic heterocycles. The average Bonchev–Trinajstić information content (AvgIpc) is 2.51. The monoisotopic (exact) mass is 566 g/mol. The second-order valence-corrected chi connectivity index (χ2v) is 6.73. The molecule has 1 atom stereocenters. The number of halogens is 17. The van der Waals surface area contributed by atoms with Gasteiger partial charge in [0.15, 0.2) is 0 Å². The van der Waals surface area contributed by atoms with Gasteiger partial charge in [0.1, 0.15) is 0 Å². The molecular weight excluding hydrogens is 561 g/mol. The maximum Gasteiger partial charge on any atom is 1.00 e. The van der Waals surface area contributed by atoms with E-state index in [2.05, 4.69) is 16.0 Å². The van der Waals surface area contributed by atoms with Crippen LogP contribution in [0.2, 0.25) is 0 Å². The van der Waals surface area contributed by atoms with Crippen molar-refractivity contribution in [1.82, 2.24) is 0 Å². The Labute approximate surface area is 192 Å². The van der Waals surface area contributed by atoms with Crippen molar-refractivity contribution >= 4 is 7.82 Å². The summed E-state index contributed by atoms with van der Waals surface area (Å²) < 4.78 is 235. The predicted molar refractivity (Wildman–Crippen MR) is 62.9 cm³/mol. The predicted octanol–water partition coefficient (Wildman–Crippen LogP) is 2.92. The maximum absolute atomic E-state index is 13.3. The molecule has 1 N–H and O–H groups in total. The quantitative estimate of drug-likeness (QED) is 0.192. The van der Waals surface area contributed by atoms with E-state index in [9.17, 15) is 79.2 Å². The summed E-state index contributed by atoms with van der Waals surface area (Å²) in [7, 11) is -6.63. The van der Waals surface area contributed by atoms with Crippen LogP contribution in [-0.4, -0.2) is 59.3 Å². The Balaban J connectivity index is 0. The van der Waals surface area contributed by atoms with Crippen LogP contribution in [0.4, 0.5) is 74.6 Å². The SMILES string of the molecule is [CH2-]COP(=O)(O)OC(F)(F)C(F)(F)C(F)(F)C(F)(F)C(F)(F)C(F)(F)C(F)(F)C(F)(F)F.[Na+]. The third-order valence-corrected chi connectivity index (χ3v) is 4.15. The minimum atomic E-state index is -8.82. The number of phosphoric acid groups is 1. The van der Waals surface area contributed by atoms with E-state index in [-0.39, 0.29) is 29.6 Å². The van der Waals surface area contributed by atoms with Crippen LogP contribution in [0, 0.1) is 6.92 Å². The normalized spacial score (nSPS) is 17.4. The van der Waals surface area contributed by atoms with Crippen molar-refractivity contribution in [2.45, 2.75) is 47.8 Å². The van der Waals surface area contributed by atoms with Gasteiger partial charge in [0.2, 0.25) is 0 Å². The van der Waals surface area contributed by atoms with Crippen molar-refractivity contribution in [2.24, 2.45) is 0 Å². The van der Waals surface area contributed by atoms with E-state index in [4.69, 9.17) is 4.89 Å². The standard InChI is InChI=1S/C10H5F17O4P.Na/c1-2-30-32(28,29)31-10(26,27)8(21,22)6(17,18)4(13,14)3(11,12)5(15,16)7(19,20)9(23,24)25;/h1-2H2,(H,28,29);/q-1;+1. The van der Waals surface area contributed by atoms with E-state index in [0.29, 0.717) is 0 Å². The van der Waals surface area contributed by atoms with E-state index in [0.717, 1.165) is 0 Å². The van der Waals surface area contributed by atoms with Crippen LogP contribution in [0.1, 0.15) is 0 Å². The molecule has 194 valence electrons. The van der Waals surface area contributed by atoms with Crippen molar-refractivity contribution in [3.05, 3.63) is 6.92 Å². The Morgan fingerprint density at radius 2 is 0.879 bits per heavy atom. The molecule has 0 aliphatic rings. The van der Waals surface area contributed by atoms with Gasteiger partial charge in [0.05, 0.1) is 0 Å². The summed E-state index contributed by atoms with van der Waals surface area (Å²) in [5.41, 5.74) is 0. The first-order valence-electron chi connectivity index (χ1n) is 6.70. The van der Waals surface area contributed by atoms with Crippen molar-refractivity contribution < 1.29 is 123 Å². The second-order valence-electron chi connectivity index (χ2n) is 5.35. The van der Waals surface area contributed by atoms with Crippen molar-refractivity contribution in [2.75, 3.05) is 6.61 Å². The summed E-state index contributed by atoms with van der Waals surface area (Å²) in [6.07, 6.45) is -15.4. The van der Waals surface area contributed by atoms with E-state index in [1.165, 1.54) is 0 Å². The minimum absolute atomic E-state index is 0. The molecule has 0 saturated carbocycles. The van der Waals surface area contributed by atoms with Gasteiger partial charge in [-0.05, 0) is 0 Å². The summed E-state index contributed by atoms with van der Waals surface area (Å²) in [4.78, 5) is 8.50. The number of hydrogen-bond acceptors (Lipinski definition) is 3. The summed E-state index contributed by atoms with van der Waals surface area (Å²) >= 11 is 0. The van der Waals surface area contributed by atoms with Gasteiger partial charge in [-0.25, -0.2) is 9.09 Å². The van der Waals surface area contributed by atoms with E-state index < -0.39 is 62.2 Å². The smallest absolute Gasteiger partial charge is 0.320 e. The van der Waals surface area contributed by atoms with E-state index >= 15 is 0 Å². The number of hydrogen-bond donors (Lipinski definition) is 1. The third kappa shape index (κ3) is 5.37. The van der Waals surface area contributed by atoms with Crippen LogP contribution < -0.4 is 29.6 Å². The molecule has 0 aliphatic carbocycles. The topological polar surface area (TPSA) is 55.8 Å². The Bertz CT molecular complexity index is 736. The Morgan fingerprint density at radius 1 is 0.606 bits per heavy atom. The molecule has 0 radical (unpaired) electrons. The molecule has 1 unspecified atom stereocenters. The molecule has 0 heterocycles. The van der Waals surface area contributed by atoms with Gasteiger partial charge in [0.25, 0.3) is 0 Å². The van der Waals surface area contributed by atoms with Crippen LogP contribution in [0.15, 0.2) is 0 Å². The van der Waals surface area contributed by atoms with Gasteiger partial charge in [-0.1, -0.05) is 6.61 Å². The van der Waals surface area contributed by atoms with Crippen molar-refractivity contribution in [1.29, 1.82) is 0 Å². The van der Waals surface area contributed by atoms with Gasteiger partial charge in [-0.3, -0.25) is 0 Å². The van der Waals surface area contributed by atoms with Gasteiger partial charge >= 0.3 is 85.2 Å². The van der Waals surface area contributed by atoms with Crippen LogP contribution in [-0.2, 0) is 13.6 Å². The number of phosphoric ester groups is 1. The zero-order valence-corrected chi connectivity index (χ0v) is 17.9. The maximum atomic E-state index is 13.3. The molecule has 33 heavy (non-hydrogen) atoms. The van der Waals surface area contributed by atoms with Gasteiger partial charge < -0.3 is 16.3 Å². The molecule has 4 nitrogen and oxygen atoms in total. The summed E-state index contributed by atoms with van der Waals surface area (Å²) in [6.45, 7) is 1.03. The van der Waals surface area contributed by atoms with E-state index in [1.807, 2.05) is 0 Å². The average molecular weight is 566 g/mol. The summed E-state index contributed by atoms with van der Waals surface area (Å²) in [5, 5.41) is 0. The summed E-state index contributed by atoms with van der Waals surface area (Å²) in [5.74, 6) is -51.5. The number of alkyl halides is 17. The Morgan fingerprint density at radius 3 is 1.15 bits per heavy atom. The summed E-state index contributed by atoms with van der Waals surface area (Å²) in [6, 6.07) is 0. The van der Waals surface area contributed by atoms with E-state index in [1.54, 1.807) is 0 Å². The Hall–Kier alpha value is -0.0800. The second kappa shape index (κ2) is 9.42. The molecule has 23 heteroatoms. The molecule has 0 bridgehead atoms. The van der Waals surface area contributed by atoms with Crippen LogP contribution in [0.25, 0.3) is 0 Å². The molecular formula is C10H5F17NaO4P. The molecule has 0 rings (SSSR count). The third-order valence-electron chi connectivity index (χ3n) is 3.18. The molecule has 0 fully saturated rings. The fourth-order valence-electron chi connectivity index (χ4n) is 1.49. The van der Waals surface area contributed by atoms with Gasteiger partial charge in [0, 0.05) is 0 Å². The van der Waals surface area contributed by atoms with Gasteiger partial charge in [-0.2, -0.15) is 74.6 Å². The largest absolute Gasteiger partial charge is 1.00 e. The fraction of sp³-hybridized carbons (Fsp3) is 0.900. The minimum Gasteiger partial charge on any atom is -0.320 e. The first-order valence-corrected chi connectivity index (χ1v) is 8.20. The van der Waals surface area contributed by atoms with Crippen molar-refractivity contribution in [3.63, 3.8) is 0 Å². The van der Waals surface area contributed by atoms with Crippen LogP contribution >= 0.6 is 7.82 Å². The fourth-order valence-corrected chi connectivity index (χ4v) is 2.18. The zero-order valence-electron chi connectivity index (χ0n) is 15.0. The first-order chi connectivity index (χ1) is 13.5. The molecule has 0 aliphatic heterocycles. The molecule has 0 aromatic carbocycles. The number of rotatable bonds is 10. The van der Waals surface area contributed by atoms with Gasteiger partial charge in [-0.15, -0.1) is 0 Å². The zero-order chi connectivity index (χ0) is 26.6. The molecule has 0 amide bonds. The Kier molecular flexibility index (Phi) is 10.0. The first kappa shape index (κ1) is 35.1. The van der Waals surface area contributed by atoms with Crippen molar-refractivity contribution in [3.8, 4) is 0 Å². The molecule has 0 saturated heterocycles. The molecule has 0 aromatic rings. The van der Waals surface area contributed by atoms with Crippen LogP contribution in [0.5, 0.6) is 0 Å². The molecule has 0 spiro atoms. The van der Waals surface area contributed by atoms with Crippen LogP contribution in [0.3, 0.4) is 0 Å².